The van der Waals surface area contributed by atoms with Crippen molar-refractivity contribution in [3.63, 3.8) is 0 Å². The molecule has 0 radical (unpaired) electrons. The molecule has 2 aromatic rings. The molecular formula is C16H19BrN2O2. The maximum absolute atomic E-state index is 5.92. The third-order valence-electron chi connectivity index (χ3n) is 2.92. The van der Waals surface area contributed by atoms with Crippen LogP contribution in [0.2, 0.25) is 0 Å². The minimum Gasteiger partial charge on any atom is -0.495 e. The smallest absolute Gasteiger partial charge is 0.144 e. The summed E-state index contributed by atoms with van der Waals surface area (Å²) in [5.74, 6) is 1.46. The van der Waals surface area contributed by atoms with Gasteiger partial charge in [-0.2, -0.15) is 0 Å². The molecule has 0 aromatic heterocycles. The molecule has 0 aliphatic carbocycles. The summed E-state index contributed by atoms with van der Waals surface area (Å²) in [6.07, 6.45) is 0.941. The van der Waals surface area contributed by atoms with Crippen molar-refractivity contribution in [2.75, 3.05) is 24.8 Å². The van der Waals surface area contributed by atoms with Crippen molar-refractivity contribution in [1.29, 1.82) is 0 Å². The van der Waals surface area contributed by atoms with E-state index in [2.05, 4.69) is 28.2 Å². The summed E-state index contributed by atoms with van der Waals surface area (Å²) in [5, 5.41) is 3.32. The van der Waals surface area contributed by atoms with Gasteiger partial charge in [0.15, 0.2) is 0 Å². The largest absolute Gasteiger partial charge is 0.495 e. The molecule has 21 heavy (non-hydrogen) atoms. The molecule has 0 spiro atoms. The minimum absolute atomic E-state index is 0.634. The summed E-state index contributed by atoms with van der Waals surface area (Å²) in [7, 11) is 1.65. The third kappa shape index (κ3) is 4.04. The first-order chi connectivity index (χ1) is 10.1. The molecule has 0 atom stereocenters. The summed E-state index contributed by atoms with van der Waals surface area (Å²) in [4.78, 5) is 0. The lowest BCUT2D eigenvalue weighted by Crippen LogP contribution is -2.00. The summed E-state index contributed by atoms with van der Waals surface area (Å²) in [6.45, 7) is 2.71. The second-order valence-electron chi connectivity index (χ2n) is 4.57. The maximum atomic E-state index is 5.92. The lowest BCUT2D eigenvalue weighted by Gasteiger charge is -2.14. The Morgan fingerprint density at radius 2 is 1.95 bits per heavy atom. The van der Waals surface area contributed by atoms with Gasteiger partial charge in [-0.05, 0) is 36.8 Å². The average Bonchev–Trinajstić information content (AvgIpc) is 2.48. The summed E-state index contributed by atoms with van der Waals surface area (Å²) >= 11 is 3.46. The van der Waals surface area contributed by atoms with Crippen molar-refractivity contribution >= 4 is 33.0 Å². The van der Waals surface area contributed by atoms with Gasteiger partial charge in [0.1, 0.15) is 11.5 Å². The van der Waals surface area contributed by atoms with Gasteiger partial charge in [-0.15, -0.1) is 0 Å². The molecule has 0 saturated heterocycles. The van der Waals surface area contributed by atoms with Crippen LogP contribution in [-0.4, -0.2) is 13.7 Å². The number of methoxy groups -OCH3 is 1. The van der Waals surface area contributed by atoms with Crippen LogP contribution >= 0.6 is 15.9 Å². The molecule has 0 fully saturated rings. The lowest BCUT2D eigenvalue weighted by molar-refractivity contribution is 0.319. The van der Waals surface area contributed by atoms with Crippen LogP contribution in [0.1, 0.15) is 13.3 Å². The van der Waals surface area contributed by atoms with Gasteiger partial charge in [-0.1, -0.05) is 22.9 Å². The minimum atomic E-state index is 0.634. The van der Waals surface area contributed by atoms with Crippen molar-refractivity contribution in [3.8, 4) is 11.5 Å². The molecule has 0 aliphatic heterocycles. The number of rotatable bonds is 6. The van der Waals surface area contributed by atoms with Gasteiger partial charge in [0.05, 0.1) is 25.1 Å². The zero-order valence-electron chi connectivity index (χ0n) is 12.2. The van der Waals surface area contributed by atoms with E-state index in [4.69, 9.17) is 15.2 Å². The van der Waals surface area contributed by atoms with Crippen molar-refractivity contribution in [3.05, 3.63) is 40.9 Å². The number of anilines is 3. The van der Waals surface area contributed by atoms with E-state index in [-0.39, 0.29) is 0 Å². The van der Waals surface area contributed by atoms with Gasteiger partial charge in [0.25, 0.3) is 0 Å². The van der Waals surface area contributed by atoms with E-state index < -0.39 is 0 Å². The van der Waals surface area contributed by atoms with Crippen molar-refractivity contribution in [2.45, 2.75) is 13.3 Å². The quantitative estimate of drug-likeness (QED) is 0.749. The molecule has 2 aromatic carbocycles. The number of hydrogen-bond donors (Lipinski definition) is 2. The van der Waals surface area contributed by atoms with Crippen LogP contribution in [0, 0.1) is 0 Å². The molecule has 0 heterocycles. The number of benzene rings is 2. The zero-order valence-corrected chi connectivity index (χ0v) is 13.7. The van der Waals surface area contributed by atoms with Crippen LogP contribution < -0.4 is 20.5 Å². The average molecular weight is 351 g/mol. The molecular weight excluding hydrogens is 332 g/mol. The second kappa shape index (κ2) is 7.22. The number of halogens is 1. The molecule has 4 nitrogen and oxygen atoms in total. The van der Waals surface area contributed by atoms with Crippen molar-refractivity contribution < 1.29 is 9.47 Å². The fourth-order valence-electron chi connectivity index (χ4n) is 1.88. The second-order valence-corrected chi connectivity index (χ2v) is 5.49. The van der Waals surface area contributed by atoms with E-state index in [1.54, 1.807) is 7.11 Å². The van der Waals surface area contributed by atoms with E-state index in [0.29, 0.717) is 18.0 Å². The molecule has 112 valence electrons. The number of nitrogens with two attached hydrogens (primary N) is 1. The molecule has 0 amide bonds. The van der Waals surface area contributed by atoms with Gasteiger partial charge in [0.2, 0.25) is 0 Å². The SMILES string of the molecule is CCCOc1cc(Nc2cc(Br)ccc2OC)ccc1N. The first-order valence-corrected chi connectivity index (χ1v) is 7.56. The Morgan fingerprint density at radius 3 is 2.67 bits per heavy atom. The Morgan fingerprint density at radius 1 is 1.14 bits per heavy atom. The number of hydrogen-bond acceptors (Lipinski definition) is 4. The first kappa shape index (κ1) is 15.5. The highest BCUT2D eigenvalue weighted by atomic mass is 79.9. The van der Waals surface area contributed by atoms with Crippen LogP contribution in [0.15, 0.2) is 40.9 Å². The van der Waals surface area contributed by atoms with Gasteiger partial charge >= 0.3 is 0 Å². The predicted molar refractivity (Wildman–Crippen MR) is 90.6 cm³/mol. The Kier molecular flexibility index (Phi) is 5.33. The van der Waals surface area contributed by atoms with E-state index in [1.165, 1.54) is 0 Å². The maximum Gasteiger partial charge on any atom is 0.144 e. The number of nitrogen functional groups attached to an aromatic ring is 1. The van der Waals surface area contributed by atoms with Crippen LogP contribution in [0.25, 0.3) is 0 Å². The predicted octanol–water partition coefficient (Wildman–Crippen LogP) is 4.57. The van der Waals surface area contributed by atoms with Gasteiger partial charge in [0, 0.05) is 16.2 Å². The molecule has 5 heteroatoms. The molecule has 0 bridgehead atoms. The van der Waals surface area contributed by atoms with E-state index >= 15 is 0 Å². The summed E-state index contributed by atoms with van der Waals surface area (Å²) < 4.78 is 12.0. The highest BCUT2D eigenvalue weighted by Gasteiger charge is 2.07. The Bertz CT molecular complexity index is 617. The lowest BCUT2D eigenvalue weighted by atomic mass is 10.2. The van der Waals surface area contributed by atoms with Gasteiger partial charge in [-0.3, -0.25) is 0 Å². The Labute approximate surface area is 133 Å². The highest BCUT2D eigenvalue weighted by molar-refractivity contribution is 9.10. The van der Waals surface area contributed by atoms with Crippen LogP contribution in [-0.2, 0) is 0 Å². The van der Waals surface area contributed by atoms with Crippen LogP contribution in [0.4, 0.5) is 17.1 Å². The van der Waals surface area contributed by atoms with Crippen LogP contribution in [0.3, 0.4) is 0 Å². The first-order valence-electron chi connectivity index (χ1n) is 6.77. The Hall–Kier alpha value is -1.88. The van der Waals surface area contributed by atoms with E-state index in [1.807, 2.05) is 36.4 Å². The molecule has 0 unspecified atom stereocenters. The fourth-order valence-corrected chi connectivity index (χ4v) is 2.24. The third-order valence-corrected chi connectivity index (χ3v) is 3.41. The van der Waals surface area contributed by atoms with Gasteiger partial charge < -0.3 is 20.5 Å². The normalized spacial score (nSPS) is 10.2. The van der Waals surface area contributed by atoms with Crippen molar-refractivity contribution in [1.82, 2.24) is 0 Å². The number of nitrogens with one attached hydrogen (secondary N) is 1. The highest BCUT2D eigenvalue weighted by Crippen LogP contribution is 2.33. The van der Waals surface area contributed by atoms with E-state index in [0.717, 1.165) is 28.0 Å². The van der Waals surface area contributed by atoms with Gasteiger partial charge in [-0.25, -0.2) is 0 Å². The summed E-state index contributed by atoms with van der Waals surface area (Å²) in [5.41, 5.74) is 8.32. The zero-order chi connectivity index (χ0) is 15.2. The van der Waals surface area contributed by atoms with E-state index in [9.17, 15) is 0 Å². The molecule has 0 aliphatic rings. The number of ether oxygens (including phenoxy) is 2. The molecule has 0 saturated carbocycles. The molecule has 2 rings (SSSR count). The monoisotopic (exact) mass is 350 g/mol. The standard InChI is InChI=1S/C16H19BrN2O2/c1-3-8-21-16-10-12(5-6-13(16)18)19-14-9-11(17)4-7-15(14)20-2/h4-7,9-10,19H,3,8,18H2,1-2H3. The molecule has 3 N–H and O–H groups in total. The topological polar surface area (TPSA) is 56.5 Å². The Balaban J connectivity index is 2.25. The van der Waals surface area contributed by atoms with Crippen molar-refractivity contribution in [2.24, 2.45) is 0 Å². The summed E-state index contributed by atoms with van der Waals surface area (Å²) in [6, 6.07) is 11.4. The van der Waals surface area contributed by atoms with Crippen LogP contribution in [0.5, 0.6) is 11.5 Å². The fraction of sp³-hybridized carbons (Fsp3) is 0.250.